The zero-order chi connectivity index (χ0) is 13.7. The summed E-state index contributed by atoms with van der Waals surface area (Å²) in [5, 5.41) is 21.3. The van der Waals surface area contributed by atoms with Crippen LogP contribution in [0, 0.1) is 16.7 Å². The van der Waals surface area contributed by atoms with Crippen LogP contribution in [0.25, 0.3) is 0 Å². The number of carbonyl (C=O) groups excluding carboxylic acids is 1. The van der Waals surface area contributed by atoms with E-state index < -0.39 is 5.41 Å². The Kier molecular flexibility index (Phi) is 4.18. The third-order valence-electron chi connectivity index (χ3n) is 3.74. The summed E-state index contributed by atoms with van der Waals surface area (Å²) in [6.45, 7) is -0.123. The van der Waals surface area contributed by atoms with Gasteiger partial charge in [-0.1, -0.05) is 30.3 Å². The maximum atomic E-state index is 12.1. The molecular weight excluding hydrogens is 240 g/mol. The summed E-state index contributed by atoms with van der Waals surface area (Å²) in [6.07, 6.45) is 2.74. The molecule has 1 aromatic carbocycles. The maximum absolute atomic E-state index is 12.1. The first-order valence-corrected chi connectivity index (χ1v) is 6.57. The van der Waals surface area contributed by atoms with E-state index in [1.54, 1.807) is 0 Å². The van der Waals surface area contributed by atoms with Crippen LogP contribution in [0.3, 0.4) is 0 Å². The minimum Gasteiger partial charge on any atom is -0.394 e. The van der Waals surface area contributed by atoms with E-state index in [0.717, 1.165) is 12.0 Å². The molecule has 0 aromatic heterocycles. The highest BCUT2D eigenvalue weighted by atomic mass is 16.3. The van der Waals surface area contributed by atoms with Crippen LogP contribution in [0.15, 0.2) is 30.3 Å². The van der Waals surface area contributed by atoms with Crippen molar-refractivity contribution in [1.29, 1.82) is 5.26 Å². The molecular formula is C15H18N2O2. The fourth-order valence-electron chi connectivity index (χ4n) is 2.30. The quantitative estimate of drug-likeness (QED) is 0.838. The number of hydrogen-bond donors (Lipinski definition) is 2. The van der Waals surface area contributed by atoms with Crippen molar-refractivity contribution in [2.24, 2.45) is 5.41 Å². The van der Waals surface area contributed by atoms with Crippen molar-refractivity contribution in [3.05, 3.63) is 35.9 Å². The molecule has 0 heterocycles. The summed E-state index contributed by atoms with van der Waals surface area (Å²) in [5.74, 6) is -0.240. The summed E-state index contributed by atoms with van der Waals surface area (Å²) in [5.41, 5.74) is 0.200. The first-order chi connectivity index (χ1) is 9.20. The van der Waals surface area contributed by atoms with Gasteiger partial charge >= 0.3 is 0 Å². The fourth-order valence-corrected chi connectivity index (χ4v) is 2.30. The Hall–Kier alpha value is -1.86. The van der Waals surface area contributed by atoms with E-state index in [2.05, 4.69) is 11.4 Å². The third kappa shape index (κ3) is 2.94. The summed E-state index contributed by atoms with van der Waals surface area (Å²) in [7, 11) is 0. The van der Waals surface area contributed by atoms with Crippen molar-refractivity contribution in [2.75, 3.05) is 6.61 Å². The molecule has 0 bridgehead atoms. The lowest BCUT2D eigenvalue weighted by atomic mass is 9.69. The van der Waals surface area contributed by atoms with Crippen LogP contribution in [-0.2, 0) is 11.2 Å². The number of amides is 1. The Morgan fingerprint density at radius 2 is 2.11 bits per heavy atom. The predicted octanol–water partition coefficient (Wildman–Crippen LogP) is 1.40. The molecule has 1 amide bonds. The lowest BCUT2D eigenvalue weighted by Crippen LogP contribution is -2.50. The summed E-state index contributed by atoms with van der Waals surface area (Å²) >= 11 is 0. The number of aliphatic hydroxyl groups is 1. The molecule has 4 nitrogen and oxygen atoms in total. The number of nitrogens with zero attached hydrogens (tertiary/aromatic N) is 1. The van der Waals surface area contributed by atoms with Gasteiger partial charge in [0.25, 0.3) is 0 Å². The summed E-state index contributed by atoms with van der Waals surface area (Å²) in [6, 6.07) is 11.5. The highest BCUT2D eigenvalue weighted by Crippen LogP contribution is 2.40. The molecule has 100 valence electrons. The minimum absolute atomic E-state index is 0.123. The van der Waals surface area contributed by atoms with Crippen molar-refractivity contribution < 1.29 is 9.90 Å². The number of carbonyl (C=O) groups is 1. The lowest BCUT2D eigenvalue weighted by Gasteiger charge is -2.34. The molecule has 1 aliphatic carbocycles. The number of benzene rings is 1. The van der Waals surface area contributed by atoms with Gasteiger partial charge in [0.1, 0.15) is 5.41 Å². The van der Waals surface area contributed by atoms with E-state index in [9.17, 15) is 9.90 Å². The van der Waals surface area contributed by atoms with Gasteiger partial charge in [0, 0.05) is 0 Å². The van der Waals surface area contributed by atoms with Crippen molar-refractivity contribution in [2.45, 2.75) is 31.7 Å². The molecule has 1 fully saturated rings. The first kappa shape index (κ1) is 13.6. The molecule has 0 radical (unpaired) electrons. The third-order valence-corrected chi connectivity index (χ3v) is 3.74. The Morgan fingerprint density at radius 1 is 1.42 bits per heavy atom. The van der Waals surface area contributed by atoms with Crippen molar-refractivity contribution in [1.82, 2.24) is 5.32 Å². The van der Waals surface area contributed by atoms with Gasteiger partial charge in [-0.05, 0) is 31.2 Å². The number of rotatable bonds is 5. The van der Waals surface area contributed by atoms with Crippen molar-refractivity contribution >= 4 is 5.91 Å². The maximum Gasteiger partial charge on any atom is 0.240 e. The zero-order valence-electron chi connectivity index (χ0n) is 10.8. The first-order valence-electron chi connectivity index (χ1n) is 6.57. The zero-order valence-corrected chi connectivity index (χ0v) is 10.8. The molecule has 4 heteroatoms. The molecule has 1 saturated carbocycles. The Labute approximate surface area is 113 Å². The van der Waals surface area contributed by atoms with Gasteiger partial charge in [-0.15, -0.1) is 0 Å². The SMILES string of the molecule is N#CC1(C(=O)N[C@@H](CO)Cc2ccccc2)CCC1. The molecule has 0 aliphatic heterocycles. The summed E-state index contributed by atoms with van der Waals surface area (Å²) in [4.78, 5) is 12.1. The standard InChI is InChI=1S/C15H18N2O2/c16-11-15(7-4-8-15)14(19)17-13(10-18)9-12-5-2-1-3-6-12/h1-3,5-6,13,18H,4,7-10H2,(H,17,19)/t13-/m1/s1. The number of nitrogens with one attached hydrogen (secondary N) is 1. The normalized spacial score (nSPS) is 17.9. The molecule has 19 heavy (non-hydrogen) atoms. The minimum atomic E-state index is -0.857. The molecule has 0 saturated heterocycles. The Bertz CT molecular complexity index is 475. The number of hydrogen-bond acceptors (Lipinski definition) is 3. The van der Waals surface area contributed by atoms with Crippen LogP contribution in [0.5, 0.6) is 0 Å². The fraction of sp³-hybridized carbons (Fsp3) is 0.467. The van der Waals surface area contributed by atoms with Gasteiger partial charge in [-0.25, -0.2) is 0 Å². The van der Waals surface area contributed by atoms with Gasteiger partial charge in [0.05, 0.1) is 18.7 Å². The average molecular weight is 258 g/mol. The number of aliphatic hydroxyl groups excluding tert-OH is 1. The molecule has 2 rings (SSSR count). The molecule has 2 N–H and O–H groups in total. The largest absolute Gasteiger partial charge is 0.394 e. The summed E-state index contributed by atoms with van der Waals surface area (Å²) < 4.78 is 0. The van der Waals surface area contributed by atoms with Crippen LogP contribution in [-0.4, -0.2) is 23.7 Å². The monoisotopic (exact) mass is 258 g/mol. The van der Waals surface area contributed by atoms with Gasteiger partial charge in [0.2, 0.25) is 5.91 Å². The average Bonchev–Trinajstić information content (AvgIpc) is 2.38. The highest BCUT2D eigenvalue weighted by molar-refractivity contribution is 5.86. The van der Waals surface area contributed by atoms with E-state index in [4.69, 9.17) is 5.26 Å². The number of nitriles is 1. The molecule has 1 aromatic rings. The van der Waals surface area contributed by atoms with E-state index in [1.165, 1.54) is 0 Å². The molecule has 1 aliphatic rings. The molecule has 0 unspecified atom stereocenters. The van der Waals surface area contributed by atoms with Crippen molar-refractivity contribution in [3.8, 4) is 6.07 Å². The second kappa shape index (κ2) is 5.85. The van der Waals surface area contributed by atoms with E-state index in [1.807, 2.05) is 30.3 Å². The Morgan fingerprint density at radius 3 is 2.58 bits per heavy atom. The Balaban J connectivity index is 1.96. The topological polar surface area (TPSA) is 73.1 Å². The van der Waals surface area contributed by atoms with Crippen LogP contribution in [0.4, 0.5) is 0 Å². The lowest BCUT2D eigenvalue weighted by molar-refractivity contribution is -0.132. The van der Waals surface area contributed by atoms with Gasteiger partial charge in [-0.3, -0.25) is 4.79 Å². The van der Waals surface area contributed by atoms with Gasteiger partial charge < -0.3 is 10.4 Å². The van der Waals surface area contributed by atoms with Gasteiger partial charge in [-0.2, -0.15) is 5.26 Å². The van der Waals surface area contributed by atoms with E-state index in [-0.39, 0.29) is 18.6 Å². The van der Waals surface area contributed by atoms with Gasteiger partial charge in [0.15, 0.2) is 0 Å². The van der Waals surface area contributed by atoms with Crippen LogP contribution in [0.2, 0.25) is 0 Å². The highest BCUT2D eigenvalue weighted by Gasteiger charge is 2.45. The second-order valence-electron chi connectivity index (χ2n) is 5.09. The smallest absolute Gasteiger partial charge is 0.240 e. The molecule has 0 spiro atoms. The van der Waals surface area contributed by atoms with Crippen LogP contribution >= 0.6 is 0 Å². The van der Waals surface area contributed by atoms with Crippen LogP contribution < -0.4 is 5.32 Å². The second-order valence-corrected chi connectivity index (χ2v) is 5.09. The predicted molar refractivity (Wildman–Crippen MR) is 71.1 cm³/mol. The van der Waals surface area contributed by atoms with E-state index >= 15 is 0 Å². The van der Waals surface area contributed by atoms with Crippen molar-refractivity contribution in [3.63, 3.8) is 0 Å². The van der Waals surface area contributed by atoms with E-state index in [0.29, 0.717) is 19.3 Å². The van der Waals surface area contributed by atoms with Crippen LogP contribution in [0.1, 0.15) is 24.8 Å². The molecule has 1 atom stereocenters.